The van der Waals surface area contributed by atoms with E-state index in [1.165, 1.54) is 6.08 Å². The van der Waals surface area contributed by atoms with Gasteiger partial charge >= 0.3 is 0 Å². The molecule has 0 radical (unpaired) electrons. The van der Waals surface area contributed by atoms with Crippen molar-refractivity contribution in [3.05, 3.63) is 58.6 Å². The minimum absolute atomic E-state index is 0.171. The molecule has 118 valence electrons. The average molecular weight is 351 g/mol. The third-order valence-corrected chi connectivity index (χ3v) is 5.39. The molecule has 0 saturated carbocycles. The number of carbonyl (C=O) groups excluding carboxylic acids is 1. The smallest absolute Gasteiger partial charge is 0.248 e. The molecule has 0 atom stereocenters. The summed E-state index contributed by atoms with van der Waals surface area (Å²) in [5.74, 6) is -0.171. The van der Waals surface area contributed by atoms with Gasteiger partial charge < -0.3 is 5.32 Å². The molecule has 2 heterocycles. The van der Waals surface area contributed by atoms with Crippen LogP contribution in [0.3, 0.4) is 0 Å². The van der Waals surface area contributed by atoms with E-state index in [1.807, 2.05) is 49.4 Å². The maximum Gasteiger partial charge on any atom is 0.248 e. The van der Waals surface area contributed by atoms with Crippen molar-refractivity contribution in [2.45, 2.75) is 6.92 Å². The Morgan fingerprint density at radius 3 is 2.75 bits per heavy atom. The van der Waals surface area contributed by atoms with Crippen LogP contribution in [0.1, 0.15) is 10.0 Å². The van der Waals surface area contributed by atoms with Crippen LogP contribution in [-0.2, 0) is 4.79 Å². The van der Waals surface area contributed by atoms with Gasteiger partial charge in [0.25, 0.3) is 0 Å². The minimum atomic E-state index is -0.171. The molecule has 24 heavy (non-hydrogen) atoms. The standard InChI is InChI=1S/C18H13N3OS2/c1-11-19-14-7-6-12(10-16(14)23-11)20-17(22)8-9-18-21-13-4-2-3-5-15(13)24-18/h2-10H,1H3,(H,20,22)/b9-8+. The van der Waals surface area contributed by atoms with E-state index in [2.05, 4.69) is 15.3 Å². The van der Waals surface area contributed by atoms with Crippen LogP contribution in [0, 0.1) is 6.92 Å². The lowest BCUT2D eigenvalue weighted by atomic mass is 10.3. The van der Waals surface area contributed by atoms with Gasteiger partial charge in [0.2, 0.25) is 5.91 Å². The third-order valence-electron chi connectivity index (χ3n) is 3.45. The van der Waals surface area contributed by atoms with Crippen molar-refractivity contribution >= 4 is 60.8 Å². The van der Waals surface area contributed by atoms with Gasteiger partial charge in [-0.05, 0) is 43.3 Å². The number of hydrogen-bond acceptors (Lipinski definition) is 5. The van der Waals surface area contributed by atoms with Gasteiger partial charge in [-0.25, -0.2) is 9.97 Å². The summed E-state index contributed by atoms with van der Waals surface area (Å²) in [6.07, 6.45) is 3.26. The van der Waals surface area contributed by atoms with E-state index in [4.69, 9.17) is 0 Å². The van der Waals surface area contributed by atoms with Crippen molar-refractivity contribution in [2.75, 3.05) is 5.32 Å². The fourth-order valence-corrected chi connectivity index (χ4v) is 4.15. The van der Waals surface area contributed by atoms with E-state index in [0.29, 0.717) is 0 Å². The average Bonchev–Trinajstić information content (AvgIpc) is 3.14. The number of nitrogens with one attached hydrogen (secondary N) is 1. The number of aryl methyl sites for hydroxylation is 1. The largest absolute Gasteiger partial charge is 0.322 e. The lowest BCUT2D eigenvalue weighted by Crippen LogP contribution is -2.07. The maximum absolute atomic E-state index is 12.1. The summed E-state index contributed by atoms with van der Waals surface area (Å²) in [6.45, 7) is 1.98. The van der Waals surface area contributed by atoms with Gasteiger partial charge in [0, 0.05) is 11.8 Å². The van der Waals surface area contributed by atoms with E-state index in [-0.39, 0.29) is 5.91 Å². The Balaban J connectivity index is 1.50. The van der Waals surface area contributed by atoms with Gasteiger partial charge in [-0.15, -0.1) is 22.7 Å². The van der Waals surface area contributed by atoms with Gasteiger partial charge in [-0.1, -0.05) is 12.1 Å². The van der Waals surface area contributed by atoms with Crippen LogP contribution in [0.5, 0.6) is 0 Å². The van der Waals surface area contributed by atoms with Crippen LogP contribution in [0.25, 0.3) is 26.5 Å². The van der Waals surface area contributed by atoms with Crippen molar-refractivity contribution in [1.82, 2.24) is 9.97 Å². The normalized spacial score (nSPS) is 11.5. The predicted octanol–water partition coefficient (Wildman–Crippen LogP) is 4.87. The predicted molar refractivity (Wildman–Crippen MR) is 102 cm³/mol. The molecule has 0 spiro atoms. The molecule has 0 aliphatic carbocycles. The second-order valence-electron chi connectivity index (χ2n) is 5.26. The summed E-state index contributed by atoms with van der Waals surface area (Å²) in [6, 6.07) is 13.7. The minimum Gasteiger partial charge on any atom is -0.322 e. The molecule has 4 nitrogen and oxygen atoms in total. The highest BCUT2D eigenvalue weighted by atomic mass is 32.1. The molecule has 1 N–H and O–H groups in total. The van der Waals surface area contributed by atoms with Crippen LogP contribution < -0.4 is 5.32 Å². The number of aromatic nitrogens is 2. The van der Waals surface area contributed by atoms with Crippen LogP contribution >= 0.6 is 22.7 Å². The highest BCUT2D eigenvalue weighted by Crippen LogP contribution is 2.25. The summed E-state index contributed by atoms with van der Waals surface area (Å²) < 4.78 is 2.18. The number of benzene rings is 2. The van der Waals surface area contributed by atoms with Crippen LogP contribution in [-0.4, -0.2) is 15.9 Å². The summed E-state index contributed by atoms with van der Waals surface area (Å²) in [4.78, 5) is 21.0. The number of para-hydroxylation sites is 1. The SMILES string of the molecule is Cc1nc2ccc(NC(=O)/C=C/c3nc4ccccc4s3)cc2s1. The first-order valence-electron chi connectivity index (χ1n) is 7.39. The van der Waals surface area contributed by atoms with Gasteiger partial charge in [0.15, 0.2) is 0 Å². The van der Waals surface area contributed by atoms with Gasteiger partial charge in [0.05, 0.1) is 25.4 Å². The molecule has 0 saturated heterocycles. The number of rotatable bonds is 3. The van der Waals surface area contributed by atoms with Crippen molar-refractivity contribution in [1.29, 1.82) is 0 Å². The van der Waals surface area contributed by atoms with Gasteiger partial charge in [0.1, 0.15) is 5.01 Å². The maximum atomic E-state index is 12.1. The molecule has 0 unspecified atom stereocenters. The highest BCUT2D eigenvalue weighted by molar-refractivity contribution is 7.19. The topological polar surface area (TPSA) is 54.9 Å². The lowest BCUT2D eigenvalue weighted by Gasteiger charge is -2.01. The fourth-order valence-electron chi connectivity index (χ4n) is 2.41. The third kappa shape index (κ3) is 3.06. The molecular formula is C18H13N3OS2. The Morgan fingerprint density at radius 2 is 1.88 bits per heavy atom. The van der Waals surface area contributed by atoms with Crippen molar-refractivity contribution in [3.8, 4) is 0 Å². The Hall–Kier alpha value is -2.57. The highest BCUT2D eigenvalue weighted by Gasteiger charge is 2.04. The molecule has 4 rings (SSSR count). The summed E-state index contributed by atoms with van der Waals surface area (Å²) >= 11 is 3.18. The number of anilines is 1. The van der Waals surface area contributed by atoms with Crippen molar-refractivity contribution in [3.63, 3.8) is 0 Å². The summed E-state index contributed by atoms with van der Waals surface area (Å²) in [7, 11) is 0. The molecule has 0 bridgehead atoms. The molecule has 0 fully saturated rings. The van der Waals surface area contributed by atoms with Crippen LogP contribution in [0.4, 0.5) is 5.69 Å². The Bertz CT molecular complexity index is 1050. The summed E-state index contributed by atoms with van der Waals surface area (Å²) in [5.41, 5.74) is 2.68. The number of thiazole rings is 2. The Morgan fingerprint density at radius 1 is 1.04 bits per heavy atom. The molecule has 2 aromatic heterocycles. The Labute approximate surface area is 146 Å². The molecule has 1 amide bonds. The molecule has 0 aliphatic heterocycles. The van der Waals surface area contributed by atoms with Gasteiger partial charge in [-0.3, -0.25) is 4.79 Å². The first-order chi connectivity index (χ1) is 11.7. The second kappa shape index (κ2) is 6.14. The van der Waals surface area contributed by atoms with Crippen LogP contribution in [0.2, 0.25) is 0 Å². The van der Waals surface area contributed by atoms with Crippen LogP contribution in [0.15, 0.2) is 48.5 Å². The number of amides is 1. The monoisotopic (exact) mass is 351 g/mol. The lowest BCUT2D eigenvalue weighted by molar-refractivity contribution is -0.111. The van der Waals surface area contributed by atoms with E-state index in [0.717, 1.165) is 36.1 Å². The number of carbonyl (C=O) groups is 1. The first kappa shape index (κ1) is 15.0. The number of nitrogens with zero attached hydrogens (tertiary/aromatic N) is 2. The second-order valence-corrected chi connectivity index (χ2v) is 7.55. The molecule has 4 aromatic rings. The zero-order valence-corrected chi connectivity index (χ0v) is 14.4. The van der Waals surface area contributed by atoms with Gasteiger partial charge in [-0.2, -0.15) is 0 Å². The molecule has 6 heteroatoms. The van der Waals surface area contributed by atoms with E-state index in [1.54, 1.807) is 28.7 Å². The number of hydrogen-bond donors (Lipinski definition) is 1. The zero-order chi connectivity index (χ0) is 16.5. The molecule has 0 aliphatic rings. The number of fused-ring (bicyclic) bond motifs is 2. The Kier molecular flexibility index (Phi) is 3.84. The van der Waals surface area contributed by atoms with E-state index >= 15 is 0 Å². The van der Waals surface area contributed by atoms with Crippen molar-refractivity contribution < 1.29 is 4.79 Å². The summed E-state index contributed by atoms with van der Waals surface area (Å²) in [5, 5.41) is 4.71. The van der Waals surface area contributed by atoms with Crippen molar-refractivity contribution in [2.24, 2.45) is 0 Å². The quantitative estimate of drug-likeness (QED) is 0.536. The first-order valence-corrected chi connectivity index (χ1v) is 9.02. The molecular weight excluding hydrogens is 338 g/mol. The van der Waals surface area contributed by atoms with E-state index in [9.17, 15) is 4.79 Å². The molecule has 2 aromatic carbocycles. The fraction of sp³-hybridized carbons (Fsp3) is 0.0556. The van der Waals surface area contributed by atoms with E-state index < -0.39 is 0 Å². The zero-order valence-electron chi connectivity index (χ0n) is 12.8.